The van der Waals surface area contributed by atoms with Gasteiger partial charge in [0.1, 0.15) is 6.33 Å². The second-order valence-corrected chi connectivity index (χ2v) is 7.38. The van der Waals surface area contributed by atoms with Crippen LogP contribution in [0.15, 0.2) is 36.2 Å². The number of benzene rings is 1. The fraction of sp³-hybridized carbons (Fsp3) is 0.316. The van der Waals surface area contributed by atoms with Gasteiger partial charge in [-0.25, -0.2) is 9.97 Å². The molecule has 1 atom stereocenters. The van der Waals surface area contributed by atoms with Crippen LogP contribution in [0.2, 0.25) is 5.02 Å². The summed E-state index contributed by atoms with van der Waals surface area (Å²) in [7, 11) is 0. The first kappa shape index (κ1) is 18.7. The number of hydrogen-bond donors (Lipinski definition) is 1. The zero-order valence-electron chi connectivity index (χ0n) is 15.2. The standard InChI is InChI=1S/C19H17ClF3N5/c1-10(2)7-15-16-12(13-8-11(20)3-4-14(13)26-16)5-6-28(15)18-25-9-24-17(27-18)19(21,22)23/h3-4,7-9,15,26H,5-6H2,1-2H3/t15-/m0/s1. The molecule has 1 N–H and O–H groups in total. The number of aromatic amines is 1. The third-order valence-corrected chi connectivity index (χ3v) is 4.93. The minimum Gasteiger partial charge on any atom is -0.356 e. The number of aromatic nitrogens is 4. The highest BCUT2D eigenvalue weighted by molar-refractivity contribution is 6.31. The summed E-state index contributed by atoms with van der Waals surface area (Å²) in [6.07, 6.45) is -1.09. The van der Waals surface area contributed by atoms with Crippen LogP contribution in [0.4, 0.5) is 19.1 Å². The normalized spacial score (nSPS) is 16.9. The molecule has 0 aliphatic carbocycles. The molecule has 0 amide bonds. The van der Waals surface area contributed by atoms with Gasteiger partial charge in [0.15, 0.2) is 0 Å². The second kappa shape index (κ2) is 6.77. The summed E-state index contributed by atoms with van der Waals surface area (Å²) in [6, 6.07) is 5.31. The van der Waals surface area contributed by atoms with Gasteiger partial charge in [-0.2, -0.15) is 18.2 Å². The van der Waals surface area contributed by atoms with E-state index in [0.29, 0.717) is 18.0 Å². The first-order valence-electron chi connectivity index (χ1n) is 8.72. The lowest BCUT2D eigenvalue weighted by Crippen LogP contribution is -2.36. The van der Waals surface area contributed by atoms with Gasteiger partial charge in [0.05, 0.1) is 6.04 Å². The molecule has 146 valence electrons. The monoisotopic (exact) mass is 407 g/mol. The van der Waals surface area contributed by atoms with Gasteiger partial charge in [0.25, 0.3) is 0 Å². The Morgan fingerprint density at radius 1 is 1.29 bits per heavy atom. The highest BCUT2D eigenvalue weighted by Gasteiger charge is 2.37. The van der Waals surface area contributed by atoms with Gasteiger partial charge in [-0.15, -0.1) is 0 Å². The van der Waals surface area contributed by atoms with Gasteiger partial charge in [-0.3, -0.25) is 0 Å². The Morgan fingerprint density at radius 2 is 2.07 bits per heavy atom. The maximum absolute atomic E-state index is 13.1. The average Bonchev–Trinajstić information content (AvgIpc) is 2.99. The van der Waals surface area contributed by atoms with Crippen molar-refractivity contribution in [2.45, 2.75) is 32.5 Å². The molecule has 1 aliphatic rings. The van der Waals surface area contributed by atoms with E-state index in [9.17, 15) is 13.2 Å². The van der Waals surface area contributed by atoms with Crippen molar-refractivity contribution >= 4 is 28.5 Å². The molecular formula is C19H17ClF3N5. The summed E-state index contributed by atoms with van der Waals surface area (Å²) in [5.41, 5.74) is 4.00. The van der Waals surface area contributed by atoms with Gasteiger partial charge >= 0.3 is 6.18 Å². The molecule has 0 fully saturated rings. The Hall–Kier alpha value is -2.61. The quantitative estimate of drug-likeness (QED) is 0.601. The van der Waals surface area contributed by atoms with Gasteiger partial charge < -0.3 is 9.88 Å². The van der Waals surface area contributed by atoms with Crippen molar-refractivity contribution in [3.63, 3.8) is 0 Å². The molecule has 0 saturated carbocycles. The molecule has 4 rings (SSSR count). The molecule has 2 aromatic heterocycles. The molecule has 0 bridgehead atoms. The second-order valence-electron chi connectivity index (χ2n) is 6.95. The number of hydrogen-bond acceptors (Lipinski definition) is 4. The lowest BCUT2D eigenvalue weighted by molar-refractivity contribution is -0.145. The topological polar surface area (TPSA) is 57.7 Å². The molecule has 9 heteroatoms. The van der Waals surface area contributed by atoms with Crippen molar-refractivity contribution in [1.29, 1.82) is 0 Å². The fourth-order valence-corrected chi connectivity index (χ4v) is 3.74. The molecule has 0 spiro atoms. The predicted molar refractivity (Wildman–Crippen MR) is 101 cm³/mol. The van der Waals surface area contributed by atoms with Crippen LogP contribution in [-0.2, 0) is 12.6 Å². The Balaban J connectivity index is 1.84. The third kappa shape index (κ3) is 3.32. The molecule has 1 aromatic carbocycles. The van der Waals surface area contributed by atoms with Crippen LogP contribution < -0.4 is 4.90 Å². The van der Waals surface area contributed by atoms with E-state index in [-0.39, 0.29) is 12.0 Å². The van der Waals surface area contributed by atoms with Crippen LogP contribution in [0, 0.1) is 0 Å². The van der Waals surface area contributed by atoms with E-state index < -0.39 is 12.0 Å². The van der Waals surface area contributed by atoms with Gasteiger partial charge in [0, 0.05) is 28.2 Å². The van der Waals surface area contributed by atoms with E-state index in [1.807, 2.05) is 32.1 Å². The Kier molecular flexibility index (Phi) is 4.53. The summed E-state index contributed by atoms with van der Waals surface area (Å²) < 4.78 is 39.2. The van der Waals surface area contributed by atoms with Crippen LogP contribution in [0.1, 0.15) is 37.0 Å². The number of H-pyrrole nitrogens is 1. The number of fused-ring (bicyclic) bond motifs is 3. The number of allylic oxidation sites excluding steroid dienone is 1. The molecule has 1 aliphatic heterocycles. The Morgan fingerprint density at radius 3 is 2.79 bits per heavy atom. The van der Waals surface area contributed by atoms with E-state index >= 15 is 0 Å². The molecule has 28 heavy (non-hydrogen) atoms. The molecular weight excluding hydrogens is 391 g/mol. The van der Waals surface area contributed by atoms with E-state index in [0.717, 1.165) is 34.1 Å². The van der Waals surface area contributed by atoms with Crippen LogP contribution >= 0.6 is 11.6 Å². The smallest absolute Gasteiger partial charge is 0.356 e. The maximum atomic E-state index is 13.1. The lowest BCUT2D eigenvalue weighted by Gasteiger charge is -2.34. The van der Waals surface area contributed by atoms with Crippen LogP contribution in [0.5, 0.6) is 0 Å². The minimum absolute atomic E-state index is 0.00663. The summed E-state index contributed by atoms with van der Waals surface area (Å²) >= 11 is 6.15. The molecule has 3 aromatic rings. The van der Waals surface area contributed by atoms with E-state index in [4.69, 9.17) is 11.6 Å². The minimum atomic E-state index is -4.62. The first-order valence-corrected chi connectivity index (χ1v) is 9.10. The van der Waals surface area contributed by atoms with Crippen molar-refractivity contribution in [3.05, 3.63) is 58.3 Å². The van der Waals surface area contributed by atoms with Crippen molar-refractivity contribution < 1.29 is 13.2 Å². The Labute approximate surface area is 164 Å². The Bertz CT molecular complexity index is 1070. The van der Waals surface area contributed by atoms with Crippen LogP contribution in [0.3, 0.4) is 0 Å². The highest BCUT2D eigenvalue weighted by Crippen LogP contribution is 2.38. The molecule has 0 radical (unpaired) electrons. The van der Waals surface area contributed by atoms with Crippen molar-refractivity contribution in [1.82, 2.24) is 19.9 Å². The van der Waals surface area contributed by atoms with E-state index in [2.05, 4.69) is 19.9 Å². The number of anilines is 1. The lowest BCUT2D eigenvalue weighted by atomic mass is 9.96. The summed E-state index contributed by atoms with van der Waals surface area (Å²) in [5, 5.41) is 1.67. The van der Waals surface area contributed by atoms with Gasteiger partial charge in [0.2, 0.25) is 11.8 Å². The molecule has 3 heterocycles. The fourth-order valence-electron chi connectivity index (χ4n) is 3.57. The number of halogens is 4. The first-order chi connectivity index (χ1) is 13.2. The van der Waals surface area contributed by atoms with E-state index in [1.54, 1.807) is 11.0 Å². The maximum Gasteiger partial charge on any atom is 0.451 e. The summed E-state index contributed by atoms with van der Waals surface area (Å²) in [4.78, 5) is 16.1. The number of rotatable bonds is 2. The zero-order chi connectivity index (χ0) is 20.1. The van der Waals surface area contributed by atoms with Crippen molar-refractivity contribution in [3.8, 4) is 0 Å². The van der Waals surface area contributed by atoms with Crippen molar-refractivity contribution in [2.24, 2.45) is 0 Å². The molecule has 5 nitrogen and oxygen atoms in total. The average molecular weight is 408 g/mol. The van der Waals surface area contributed by atoms with Gasteiger partial charge in [-0.1, -0.05) is 23.3 Å². The summed E-state index contributed by atoms with van der Waals surface area (Å²) in [5.74, 6) is -1.19. The highest BCUT2D eigenvalue weighted by atomic mass is 35.5. The predicted octanol–water partition coefficient (Wildman–Crippen LogP) is 5.10. The van der Waals surface area contributed by atoms with Crippen molar-refractivity contribution in [2.75, 3.05) is 11.4 Å². The number of nitrogens with zero attached hydrogens (tertiary/aromatic N) is 4. The van der Waals surface area contributed by atoms with Crippen LogP contribution in [-0.4, -0.2) is 26.5 Å². The third-order valence-electron chi connectivity index (χ3n) is 4.70. The SMILES string of the molecule is CC(C)=C[C@H]1c2[nH]c3ccc(Cl)cc3c2CCN1c1ncnc(C(F)(F)F)n1. The number of alkyl halides is 3. The van der Waals surface area contributed by atoms with E-state index in [1.165, 1.54) is 0 Å². The largest absolute Gasteiger partial charge is 0.451 e. The van der Waals surface area contributed by atoms with Crippen LogP contribution in [0.25, 0.3) is 10.9 Å². The van der Waals surface area contributed by atoms with Gasteiger partial charge in [-0.05, 0) is 44.0 Å². The summed E-state index contributed by atoms with van der Waals surface area (Å²) in [6.45, 7) is 4.36. The molecule has 0 unspecified atom stereocenters. The molecule has 0 saturated heterocycles. The zero-order valence-corrected chi connectivity index (χ0v) is 15.9. The number of nitrogens with one attached hydrogen (secondary N) is 1.